The highest BCUT2D eigenvalue weighted by atomic mass is 32.1. The van der Waals surface area contributed by atoms with Crippen molar-refractivity contribution in [2.75, 3.05) is 12.3 Å². The van der Waals surface area contributed by atoms with E-state index in [9.17, 15) is 4.79 Å². The Balaban J connectivity index is 1.68. The second-order valence-corrected chi connectivity index (χ2v) is 6.70. The third-order valence-electron chi connectivity index (χ3n) is 3.92. The zero-order chi connectivity index (χ0) is 15.0. The Morgan fingerprint density at radius 1 is 1.62 bits per heavy atom. The Labute approximate surface area is 127 Å². The Kier molecular flexibility index (Phi) is 3.67. The summed E-state index contributed by atoms with van der Waals surface area (Å²) in [6, 6.07) is 0. The van der Waals surface area contributed by atoms with Gasteiger partial charge in [0, 0.05) is 24.4 Å². The van der Waals surface area contributed by atoms with Crippen LogP contribution in [0.25, 0.3) is 0 Å². The zero-order valence-electron chi connectivity index (χ0n) is 12.2. The number of rotatable bonds is 3. The Morgan fingerprint density at radius 2 is 2.43 bits per heavy atom. The SMILES string of the molecule is Cc1nc2c(s1)CCCC2CNC(=O)c1cnn(C)c1N. The van der Waals surface area contributed by atoms with Gasteiger partial charge < -0.3 is 11.1 Å². The molecule has 112 valence electrons. The van der Waals surface area contributed by atoms with Gasteiger partial charge in [-0.3, -0.25) is 9.48 Å². The molecule has 1 atom stereocenters. The number of carbonyl (C=O) groups excluding carboxylic acids is 1. The number of aromatic nitrogens is 3. The first-order valence-corrected chi connectivity index (χ1v) is 7.89. The lowest BCUT2D eigenvalue weighted by Crippen LogP contribution is -2.30. The van der Waals surface area contributed by atoms with E-state index in [-0.39, 0.29) is 5.91 Å². The van der Waals surface area contributed by atoms with E-state index in [0.717, 1.165) is 24.3 Å². The first-order valence-electron chi connectivity index (χ1n) is 7.08. The fourth-order valence-electron chi connectivity index (χ4n) is 2.76. The lowest BCUT2D eigenvalue weighted by atomic mass is 9.91. The molecule has 21 heavy (non-hydrogen) atoms. The molecule has 6 nitrogen and oxygen atoms in total. The van der Waals surface area contributed by atoms with Gasteiger partial charge in [-0.2, -0.15) is 5.10 Å². The van der Waals surface area contributed by atoms with Crippen molar-refractivity contribution in [1.29, 1.82) is 0 Å². The van der Waals surface area contributed by atoms with E-state index in [2.05, 4.69) is 15.4 Å². The van der Waals surface area contributed by atoms with Gasteiger partial charge in [0.15, 0.2) is 0 Å². The van der Waals surface area contributed by atoms with Crippen molar-refractivity contribution in [3.05, 3.63) is 27.3 Å². The molecule has 0 aliphatic heterocycles. The van der Waals surface area contributed by atoms with Crippen molar-refractivity contribution in [3.63, 3.8) is 0 Å². The summed E-state index contributed by atoms with van der Waals surface area (Å²) >= 11 is 1.77. The van der Waals surface area contributed by atoms with E-state index >= 15 is 0 Å². The maximum absolute atomic E-state index is 12.2. The van der Waals surface area contributed by atoms with Crippen molar-refractivity contribution in [1.82, 2.24) is 20.1 Å². The fraction of sp³-hybridized carbons (Fsp3) is 0.500. The van der Waals surface area contributed by atoms with E-state index in [1.165, 1.54) is 21.4 Å². The molecular weight excluding hydrogens is 286 g/mol. The number of fused-ring (bicyclic) bond motifs is 1. The highest BCUT2D eigenvalue weighted by Crippen LogP contribution is 2.34. The lowest BCUT2D eigenvalue weighted by molar-refractivity contribution is 0.0951. The van der Waals surface area contributed by atoms with Crippen LogP contribution in [0.3, 0.4) is 0 Å². The third kappa shape index (κ3) is 2.65. The van der Waals surface area contributed by atoms with Crippen LogP contribution < -0.4 is 11.1 Å². The molecule has 0 saturated heterocycles. The minimum atomic E-state index is -0.167. The summed E-state index contributed by atoms with van der Waals surface area (Å²) in [5.74, 6) is 0.529. The summed E-state index contributed by atoms with van der Waals surface area (Å²) in [4.78, 5) is 18.2. The molecule has 0 aromatic carbocycles. The molecule has 0 spiro atoms. The van der Waals surface area contributed by atoms with Crippen LogP contribution in [0.15, 0.2) is 6.20 Å². The van der Waals surface area contributed by atoms with Crippen molar-refractivity contribution in [2.45, 2.75) is 32.1 Å². The second-order valence-electron chi connectivity index (χ2n) is 5.41. The molecule has 2 heterocycles. The van der Waals surface area contributed by atoms with Gasteiger partial charge >= 0.3 is 0 Å². The van der Waals surface area contributed by atoms with Gasteiger partial charge in [0.25, 0.3) is 5.91 Å². The van der Waals surface area contributed by atoms with Crippen molar-refractivity contribution in [2.24, 2.45) is 7.05 Å². The zero-order valence-corrected chi connectivity index (χ0v) is 13.0. The molecule has 7 heteroatoms. The summed E-state index contributed by atoms with van der Waals surface area (Å²) in [7, 11) is 1.72. The number of aryl methyl sites for hydroxylation is 3. The predicted molar refractivity (Wildman–Crippen MR) is 82.5 cm³/mol. The number of hydrogen-bond donors (Lipinski definition) is 2. The van der Waals surface area contributed by atoms with E-state index in [1.54, 1.807) is 18.4 Å². The molecule has 0 radical (unpaired) electrons. The van der Waals surface area contributed by atoms with Gasteiger partial charge in [-0.25, -0.2) is 4.98 Å². The van der Waals surface area contributed by atoms with Gasteiger partial charge in [-0.05, 0) is 26.2 Å². The lowest BCUT2D eigenvalue weighted by Gasteiger charge is -2.21. The summed E-state index contributed by atoms with van der Waals surface area (Å²) < 4.78 is 1.50. The number of hydrogen-bond acceptors (Lipinski definition) is 5. The average molecular weight is 305 g/mol. The third-order valence-corrected chi connectivity index (χ3v) is 4.96. The van der Waals surface area contributed by atoms with Crippen LogP contribution >= 0.6 is 11.3 Å². The normalized spacial score (nSPS) is 17.5. The summed E-state index contributed by atoms with van der Waals surface area (Å²) in [6.07, 6.45) is 4.84. The highest BCUT2D eigenvalue weighted by molar-refractivity contribution is 7.11. The van der Waals surface area contributed by atoms with E-state index in [4.69, 9.17) is 5.73 Å². The van der Waals surface area contributed by atoms with Crippen LogP contribution in [-0.2, 0) is 13.5 Å². The number of nitrogens with two attached hydrogens (primary N) is 1. The van der Waals surface area contributed by atoms with Crippen LogP contribution in [-0.4, -0.2) is 27.2 Å². The van der Waals surface area contributed by atoms with Gasteiger partial charge in [-0.15, -0.1) is 11.3 Å². The maximum atomic E-state index is 12.2. The number of nitrogens with zero attached hydrogens (tertiary/aromatic N) is 3. The van der Waals surface area contributed by atoms with Crippen LogP contribution in [0.2, 0.25) is 0 Å². The summed E-state index contributed by atoms with van der Waals surface area (Å²) in [6.45, 7) is 2.64. The summed E-state index contributed by atoms with van der Waals surface area (Å²) in [5.41, 5.74) is 7.42. The molecule has 0 fully saturated rings. The Morgan fingerprint density at radius 3 is 3.14 bits per heavy atom. The van der Waals surface area contributed by atoms with Crippen molar-refractivity contribution in [3.8, 4) is 0 Å². The Bertz CT molecular complexity index is 675. The van der Waals surface area contributed by atoms with Gasteiger partial charge in [-0.1, -0.05) is 0 Å². The molecule has 0 saturated carbocycles. The van der Waals surface area contributed by atoms with Crippen LogP contribution in [0.4, 0.5) is 5.82 Å². The smallest absolute Gasteiger partial charge is 0.256 e. The molecular formula is C14H19N5OS. The number of anilines is 1. The number of nitrogens with one attached hydrogen (secondary N) is 1. The largest absolute Gasteiger partial charge is 0.383 e. The molecule has 0 bridgehead atoms. The number of thiazole rings is 1. The first-order chi connectivity index (χ1) is 10.1. The summed E-state index contributed by atoms with van der Waals surface area (Å²) in [5, 5.41) is 8.06. The minimum absolute atomic E-state index is 0.167. The van der Waals surface area contributed by atoms with Gasteiger partial charge in [0.1, 0.15) is 11.4 Å². The van der Waals surface area contributed by atoms with Crippen LogP contribution in [0.5, 0.6) is 0 Å². The molecule has 2 aromatic heterocycles. The molecule has 3 rings (SSSR count). The molecule has 2 aromatic rings. The average Bonchev–Trinajstić information content (AvgIpc) is 2.99. The molecule has 3 N–H and O–H groups in total. The van der Waals surface area contributed by atoms with Crippen LogP contribution in [0.1, 0.15) is 44.7 Å². The standard InChI is InChI=1S/C14H19N5OS/c1-8-18-12-9(4-3-5-11(12)21-8)6-16-14(20)10-7-17-19(2)13(10)15/h7,9H,3-6,15H2,1-2H3,(H,16,20). The van der Waals surface area contributed by atoms with E-state index in [0.29, 0.717) is 23.8 Å². The Hall–Kier alpha value is -1.89. The molecule has 1 aliphatic rings. The first kappa shape index (κ1) is 14.1. The van der Waals surface area contributed by atoms with E-state index in [1.807, 2.05) is 6.92 Å². The highest BCUT2D eigenvalue weighted by Gasteiger charge is 2.25. The van der Waals surface area contributed by atoms with Gasteiger partial charge in [0.05, 0.1) is 16.9 Å². The maximum Gasteiger partial charge on any atom is 0.256 e. The van der Waals surface area contributed by atoms with Crippen molar-refractivity contribution >= 4 is 23.1 Å². The van der Waals surface area contributed by atoms with Gasteiger partial charge in [0.2, 0.25) is 0 Å². The molecule has 1 aliphatic carbocycles. The quantitative estimate of drug-likeness (QED) is 0.902. The monoisotopic (exact) mass is 305 g/mol. The predicted octanol–water partition coefficient (Wildman–Crippen LogP) is 1.62. The number of amides is 1. The molecule has 1 amide bonds. The van der Waals surface area contributed by atoms with Crippen molar-refractivity contribution < 1.29 is 4.79 Å². The topological polar surface area (TPSA) is 85.8 Å². The minimum Gasteiger partial charge on any atom is -0.383 e. The number of carbonyl (C=O) groups is 1. The molecule has 1 unspecified atom stereocenters. The van der Waals surface area contributed by atoms with E-state index < -0.39 is 0 Å². The number of nitrogen functional groups attached to an aromatic ring is 1. The van der Waals surface area contributed by atoms with Crippen LogP contribution in [0, 0.1) is 6.92 Å². The second kappa shape index (κ2) is 5.48. The fourth-order valence-corrected chi connectivity index (χ4v) is 3.82.